The predicted octanol–water partition coefficient (Wildman–Crippen LogP) is 1.92. The van der Waals surface area contributed by atoms with Crippen molar-refractivity contribution in [2.45, 2.75) is 39.7 Å². The smallest absolute Gasteiger partial charge is 0.253 e. The Morgan fingerprint density at radius 2 is 1.62 bits per heavy atom. The van der Waals surface area contributed by atoms with Crippen LogP contribution < -0.4 is 5.32 Å². The predicted molar refractivity (Wildman–Crippen MR) is 96.1 cm³/mol. The van der Waals surface area contributed by atoms with E-state index in [1.54, 1.807) is 0 Å². The molecule has 0 radical (unpaired) electrons. The fraction of sp³-hybridized carbons (Fsp3) is 0.579. The van der Waals surface area contributed by atoms with Gasteiger partial charge in [0.2, 0.25) is 5.91 Å². The van der Waals surface area contributed by atoms with Gasteiger partial charge in [-0.15, -0.1) is 0 Å². The molecule has 5 nitrogen and oxygen atoms in total. The minimum absolute atomic E-state index is 0.0393. The Labute approximate surface area is 145 Å². The van der Waals surface area contributed by atoms with E-state index in [9.17, 15) is 9.59 Å². The third-order valence-corrected chi connectivity index (χ3v) is 4.15. The van der Waals surface area contributed by atoms with Crippen LogP contribution in [0.15, 0.2) is 24.3 Å². The summed E-state index contributed by atoms with van der Waals surface area (Å²) in [6, 6.07) is 7.84. The number of amides is 2. The van der Waals surface area contributed by atoms with E-state index in [2.05, 4.69) is 17.1 Å². The maximum absolute atomic E-state index is 12.5. The van der Waals surface area contributed by atoms with Crippen LogP contribution in [-0.2, 0) is 11.2 Å². The summed E-state index contributed by atoms with van der Waals surface area (Å²) in [5.74, 6) is 0.119. The molecule has 1 aromatic rings. The Bertz CT molecular complexity index is 567. The molecule has 1 aliphatic heterocycles. The highest BCUT2D eigenvalue weighted by Gasteiger charge is 2.24. The largest absolute Gasteiger partial charge is 0.350 e. The standard InChI is InChI=1S/C19H29N3O2/c1-5-15-6-8-16(9-7-15)18(24)22-12-10-21(11-13-22)14-17(23)20-19(2,3)4/h6-9H,5,10-14H2,1-4H3,(H,20,23). The van der Waals surface area contributed by atoms with Crippen molar-refractivity contribution in [3.05, 3.63) is 35.4 Å². The van der Waals surface area contributed by atoms with Gasteiger partial charge in [0.15, 0.2) is 0 Å². The lowest BCUT2D eigenvalue weighted by molar-refractivity contribution is -0.124. The lowest BCUT2D eigenvalue weighted by Gasteiger charge is -2.35. The topological polar surface area (TPSA) is 52.7 Å². The van der Waals surface area contributed by atoms with Crippen LogP contribution in [0.2, 0.25) is 0 Å². The second-order valence-electron chi connectivity index (χ2n) is 7.42. The Hall–Kier alpha value is -1.88. The summed E-state index contributed by atoms with van der Waals surface area (Å²) in [4.78, 5) is 28.5. The first kappa shape index (κ1) is 18.5. The molecule has 2 rings (SSSR count). The van der Waals surface area contributed by atoms with Crippen molar-refractivity contribution in [3.63, 3.8) is 0 Å². The normalized spacial score (nSPS) is 16.1. The van der Waals surface area contributed by atoms with Crippen molar-refractivity contribution in [1.82, 2.24) is 15.1 Å². The monoisotopic (exact) mass is 331 g/mol. The third kappa shape index (κ3) is 5.34. The highest BCUT2D eigenvalue weighted by molar-refractivity contribution is 5.94. The fourth-order valence-corrected chi connectivity index (χ4v) is 2.84. The SMILES string of the molecule is CCc1ccc(C(=O)N2CCN(CC(=O)NC(C)(C)C)CC2)cc1. The van der Waals surface area contributed by atoms with E-state index in [-0.39, 0.29) is 17.4 Å². The van der Waals surface area contributed by atoms with Gasteiger partial charge in [0, 0.05) is 37.3 Å². The number of aryl methyl sites for hydroxylation is 1. The number of carbonyl (C=O) groups excluding carboxylic acids is 2. The number of nitrogens with one attached hydrogen (secondary N) is 1. The molecule has 0 spiro atoms. The maximum Gasteiger partial charge on any atom is 0.253 e. The van der Waals surface area contributed by atoms with Gasteiger partial charge in [0.1, 0.15) is 0 Å². The minimum atomic E-state index is -0.209. The number of piperazine rings is 1. The van der Waals surface area contributed by atoms with Gasteiger partial charge in [0.05, 0.1) is 6.54 Å². The van der Waals surface area contributed by atoms with E-state index in [0.29, 0.717) is 19.6 Å². The fourth-order valence-electron chi connectivity index (χ4n) is 2.84. The molecule has 0 unspecified atom stereocenters. The molecule has 1 aromatic carbocycles. The average Bonchev–Trinajstić information content (AvgIpc) is 2.53. The molecule has 0 saturated carbocycles. The Kier molecular flexibility index (Phi) is 5.99. The molecular weight excluding hydrogens is 302 g/mol. The van der Waals surface area contributed by atoms with Crippen LogP contribution in [0, 0.1) is 0 Å². The van der Waals surface area contributed by atoms with Gasteiger partial charge >= 0.3 is 0 Å². The summed E-state index contributed by atoms with van der Waals surface area (Å²) in [5, 5.41) is 2.98. The van der Waals surface area contributed by atoms with E-state index in [0.717, 1.165) is 25.1 Å². The summed E-state index contributed by atoms with van der Waals surface area (Å²) >= 11 is 0. The van der Waals surface area contributed by atoms with Gasteiger partial charge < -0.3 is 10.2 Å². The second kappa shape index (κ2) is 7.79. The van der Waals surface area contributed by atoms with E-state index in [1.165, 1.54) is 5.56 Å². The lowest BCUT2D eigenvalue weighted by atomic mass is 10.1. The molecule has 0 aromatic heterocycles. The van der Waals surface area contributed by atoms with Gasteiger partial charge in [0.25, 0.3) is 5.91 Å². The van der Waals surface area contributed by atoms with Crippen LogP contribution in [0.3, 0.4) is 0 Å². The molecule has 1 aliphatic rings. The number of rotatable bonds is 4. The van der Waals surface area contributed by atoms with Crippen molar-refractivity contribution in [3.8, 4) is 0 Å². The number of nitrogens with zero attached hydrogens (tertiary/aromatic N) is 2. The summed E-state index contributed by atoms with van der Waals surface area (Å²) < 4.78 is 0. The van der Waals surface area contributed by atoms with Crippen LogP contribution in [0.25, 0.3) is 0 Å². The highest BCUT2D eigenvalue weighted by Crippen LogP contribution is 2.11. The maximum atomic E-state index is 12.5. The first-order chi connectivity index (χ1) is 11.3. The first-order valence-corrected chi connectivity index (χ1v) is 8.70. The Balaban J connectivity index is 1.83. The van der Waals surface area contributed by atoms with Crippen LogP contribution in [0.1, 0.15) is 43.6 Å². The second-order valence-corrected chi connectivity index (χ2v) is 7.42. The van der Waals surface area contributed by atoms with Gasteiger partial charge in [-0.25, -0.2) is 0 Å². The molecule has 24 heavy (non-hydrogen) atoms. The molecule has 2 amide bonds. The van der Waals surface area contributed by atoms with E-state index in [4.69, 9.17) is 0 Å². The van der Waals surface area contributed by atoms with E-state index in [1.807, 2.05) is 49.9 Å². The number of hydrogen-bond donors (Lipinski definition) is 1. The van der Waals surface area contributed by atoms with Crippen LogP contribution >= 0.6 is 0 Å². The molecule has 5 heteroatoms. The molecule has 0 bridgehead atoms. The average molecular weight is 331 g/mol. The van der Waals surface area contributed by atoms with E-state index < -0.39 is 0 Å². The zero-order valence-corrected chi connectivity index (χ0v) is 15.3. The van der Waals surface area contributed by atoms with Crippen LogP contribution in [-0.4, -0.2) is 59.9 Å². The molecule has 1 heterocycles. The van der Waals surface area contributed by atoms with Crippen molar-refractivity contribution in [2.75, 3.05) is 32.7 Å². The third-order valence-electron chi connectivity index (χ3n) is 4.15. The Morgan fingerprint density at radius 1 is 1.04 bits per heavy atom. The number of carbonyl (C=O) groups is 2. The molecule has 0 aliphatic carbocycles. The van der Waals surface area contributed by atoms with E-state index >= 15 is 0 Å². The molecule has 1 fully saturated rings. The summed E-state index contributed by atoms with van der Waals surface area (Å²) in [6.07, 6.45) is 0.976. The minimum Gasteiger partial charge on any atom is -0.350 e. The van der Waals surface area contributed by atoms with Gasteiger partial charge in [-0.3, -0.25) is 14.5 Å². The zero-order chi connectivity index (χ0) is 17.7. The first-order valence-electron chi connectivity index (χ1n) is 8.70. The summed E-state index contributed by atoms with van der Waals surface area (Å²) in [6.45, 7) is 11.2. The van der Waals surface area contributed by atoms with Crippen molar-refractivity contribution < 1.29 is 9.59 Å². The number of hydrogen-bond acceptors (Lipinski definition) is 3. The van der Waals surface area contributed by atoms with Crippen molar-refractivity contribution >= 4 is 11.8 Å². The van der Waals surface area contributed by atoms with Crippen LogP contribution in [0.4, 0.5) is 0 Å². The van der Waals surface area contributed by atoms with Crippen molar-refractivity contribution in [1.29, 1.82) is 0 Å². The molecule has 1 saturated heterocycles. The lowest BCUT2D eigenvalue weighted by Crippen LogP contribution is -2.52. The van der Waals surface area contributed by atoms with Gasteiger partial charge in [-0.05, 0) is 44.9 Å². The summed E-state index contributed by atoms with van der Waals surface area (Å²) in [5.41, 5.74) is 1.77. The molecule has 0 atom stereocenters. The molecular formula is C19H29N3O2. The Morgan fingerprint density at radius 3 is 2.12 bits per heavy atom. The van der Waals surface area contributed by atoms with Gasteiger partial charge in [-0.2, -0.15) is 0 Å². The highest BCUT2D eigenvalue weighted by atomic mass is 16.2. The molecule has 132 valence electrons. The van der Waals surface area contributed by atoms with Crippen molar-refractivity contribution in [2.24, 2.45) is 0 Å². The molecule has 1 N–H and O–H groups in total. The van der Waals surface area contributed by atoms with Gasteiger partial charge in [-0.1, -0.05) is 19.1 Å². The zero-order valence-electron chi connectivity index (χ0n) is 15.3. The van der Waals surface area contributed by atoms with Crippen LogP contribution in [0.5, 0.6) is 0 Å². The number of benzene rings is 1. The quantitative estimate of drug-likeness (QED) is 0.917. The summed E-state index contributed by atoms with van der Waals surface area (Å²) in [7, 11) is 0.